The number of piperidine rings is 1. The van der Waals surface area contributed by atoms with E-state index in [0.717, 1.165) is 20.7 Å². The number of imide groups is 1. The third-order valence-electron chi connectivity index (χ3n) is 8.13. The van der Waals surface area contributed by atoms with Gasteiger partial charge in [-0.15, -0.1) is 11.3 Å². The second-order valence-electron chi connectivity index (χ2n) is 10.7. The molecule has 0 bridgehead atoms. The van der Waals surface area contributed by atoms with Crippen LogP contribution in [0.15, 0.2) is 30.6 Å². The van der Waals surface area contributed by atoms with Gasteiger partial charge < -0.3 is 14.9 Å². The highest BCUT2D eigenvalue weighted by molar-refractivity contribution is 7.19. The van der Waals surface area contributed by atoms with E-state index in [2.05, 4.69) is 9.97 Å². The summed E-state index contributed by atoms with van der Waals surface area (Å²) < 4.78 is 0.829. The molecule has 3 fully saturated rings. The molecule has 1 N–H and O–H groups in total. The lowest BCUT2D eigenvalue weighted by Gasteiger charge is -2.33. The quantitative estimate of drug-likeness (QED) is 0.511. The van der Waals surface area contributed by atoms with Crippen molar-refractivity contribution in [2.75, 3.05) is 26.2 Å². The minimum Gasteiger partial charge on any atom is -0.465 e. The van der Waals surface area contributed by atoms with Gasteiger partial charge in [0, 0.05) is 49.0 Å². The van der Waals surface area contributed by atoms with E-state index < -0.39 is 6.09 Å². The Labute approximate surface area is 222 Å². The summed E-state index contributed by atoms with van der Waals surface area (Å²) >= 11 is 1.45. The van der Waals surface area contributed by atoms with Gasteiger partial charge in [0.25, 0.3) is 5.91 Å². The third kappa shape index (κ3) is 3.67. The molecule has 4 amide bonds. The SMILES string of the molecule is Cc1ccnc(-c2ccnc3cc(CN4C(=O)C5C(C4=O)C5(C)C)sc23)c1C(=O)N1CCN(C(=O)O)CC1. The van der Waals surface area contributed by atoms with Crippen molar-refractivity contribution < 1.29 is 24.3 Å². The van der Waals surface area contributed by atoms with Crippen LogP contribution in [0, 0.1) is 24.2 Å². The van der Waals surface area contributed by atoms with E-state index in [0.29, 0.717) is 29.9 Å². The number of aromatic nitrogens is 2. The molecule has 2 saturated heterocycles. The van der Waals surface area contributed by atoms with Crippen molar-refractivity contribution in [3.63, 3.8) is 0 Å². The van der Waals surface area contributed by atoms with Crippen molar-refractivity contribution >= 4 is 45.4 Å². The van der Waals surface area contributed by atoms with Crippen molar-refractivity contribution in [2.24, 2.45) is 17.3 Å². The largest absolute Gasteiger partial charge is 0.465 e. The predicted octanol–water partition coefficient (Wildman–Crippen LogP) is 3.24. The zero-order chi connectivity index (χ0) is 26.9. The second-order valence-corrected chi connectivity index (χ2v) is 11.9. The first-order chi connectivity index (χ1) is 18.1. The zero-order valence-corrected chi connectivity index (χ0v) is 22.1. The molecule has 2 atom stereocenters. The monoisotopic (exact) mass is 533 g/mol. The molecule has 196 valence electrons. The summed E-state index contributed by atoms with van der Waals surface area (Å²) in [4.78, 5) is 64.9. The van der Waals surface area contributed by atoms with Gasteiger partial charge in [0.15, 0.2) is 0 Å². The summed E-state index contributed by atoms with van der Waals surface area (Å²) in [6, 6.07) is 5.51. The summed E-state index contributed by atoms with van der Waals surface area (Å²) in [5, 5.41) is 9.24. The van der Waals surface area contributed by atoms with Gasteiger partial charge in [-0.05, 0) is 36.1 Å². The first-order valence-corrected chi connectivity index (χ1v) is 13.4. The molecule has 0 aromatic carbocycles. The maximum absolute atomic E-state index is 13.6. The topological polar surface area (TPSA) is 124 Å². The summed E-state index contributed by atoms with van der Waals surface area (Å²) in [7, 11) is 0. The zero-order valence-electron chi connectivity index (χ0n) is 21.3. The van der Waals surface area contributed by atoms with Crippen LogP contribution < -0.4 is 0 Å². The molecule has 6 rings (SSSR count). The molecule has 1 saturated carbocycles. The minimum atomic E-state index is -0.985. The number of carboxylic acid groups (broad SMARTS) is 1. The number of thiophene rings is 1. The van der Waals surface area contributed by atoms with Gasteiger partial charge in [-0.2, -0.15) is 0 Å². The second kappa shape index (κ2) is 8.59. The average molecular weight is 534 g/mol. The molecular weight excluding hydrogens is 506 g/mol. The number of likely N-dealkylation sites (tertiary alicyclic amines) is 1. The highest BCUT2D eigenvalue weighted by Crippen LogP contribution is 2.63. The standard InChI is InChI=1S/C27H27N5O5S/c1-14-4-6-29-21(18(14)23(33)30-8-10-31(11-9-30)26(36)37)16-5-7-28-17-12-15(38-22(16)17)13-32-24(34)19-20(25(32)35)27(19,2)3/h4-7,12,19-20H,8-11,13H2,1-3H3,(H,36,37). The number of pyridine rings is 2. The fourth-order valence-corrected chi connectivity index (χ4v) is 6.98. The van der Waals surface area contributed by atoms with Crippen molar-refractivity contribution in [3.05, 3.63) is 46.6 Å². The molecule has 1 aliphatic carbocycles. The van der Waals surface area contributed by atoms with Crippen LogP contribution in [0.5, 0.6) is 0 Å². The molecule has 5 heterocycles. The number of amides is 4. The number of fused-ring (bicyclic) bond motifs is 2. The molecular formula is C27H27N5O5S. The van der Waals surface area contributed by atoms with Crippen molar-refractivity contribution in [3.8, 4) is 11.3 Å². The van der Waals surface area contributed by atoms with E-state index in [-0.39, 0.29) is 54.6 Å². The number of hydrogen-bond acceptors (Lipinski definition) is 7. The van der Waals surface area contributed by atoms with Crippen LogP contribution in [0.25, 0.3) is 21.5 Å². The third-order valence-corrected chi connectivity index (χ3v) is 9.28. The Morgan fingerprint density at radius 3 is 2.32 bits per heavy atom. The number of carbonyl (C=O) groups excluding carboxylic acids is 3. The van der Waals surface area contributed by atoms with Gasteiger partial charge in [-0.1, -0.05) is 13.8 Å². The summed E-state index contributed by atoms with van der Waals surface area (Å²) in [6.07, 6.45) is 2.35. The predicted molar refractivity (Wildman–Crippen MR) is 139 cm³/mol. The van der Waals surface area contributed by atoms with Gasteiger partial charge in [-0.25, -0.2) is 4.79 Å². The van der Waals surface area contributed by atoms with E-state index in [4.69, 9.17) is 0 Å². The molecule has 3 aromatic rings. The van der Waals surface area contributed by atoms with Crippen molar-refractivity contribution in [2.45, 2.75) is 27.3 Å². The van der Waals surface area contributed by atoms with Crippen molar-refractivity contribution in [1.82, 2.24) is 24.7 Å². The molecule has 2 aliphatic heterocycles. The van der Waals surface area contributed by atoms with Crippen LogP contribution in [-0.2, 0) is 16.1 Å². The number of carbonyl (C=O) groups is 4. The highest BCUT2D eigenvalue weighted by Gasteiger charge is 2.72. The van der Waals surface area contributed by atoms with Crippen LogP contribution in [0.4, 0.5) is 4.79 Å². The normalized spacial score (nSPS) is 22.2. The van der Waals surface area contributed by atoms with Crippen molar-refractivity contribution in [1.29, 1.82) is 0 Å². The Kier molecular flexibility index (Phi) is 5.53. The highest BCUT2D eigenvalue weighted by atomic mass is 32.1. The summed E-state index contributed by atoms with van der Waals surface area (Å²) in [5.41, 5.74) is 3.00. The van der Waals surface area contributed by atoms with Crippen LogP contribution in [0.3, 0.4) is 0 Å². The maximum atomic E-state index is 13.6. The van der Waals surface area contributed by atoms with E-state index in [1.807, 2.05) is 32.9 Å². The van der Waals surface area contributed by atoms with Gasteiger partial charge in [0.2, 0.25) is 11.8 Å². The lowest BCUT2D eigenvalue weighted by molar-refractivity contribution is -0.143. The van der Waals surface area contributed by atoms with E-state index in [1.165, 1.54) is 21.1 Å². The lowest BCUT2D eigenvalue weighted by Crippen LogP contribution is -2.50. The fourth-order valence-electron chi connectivity index (χ4n) is 5.86. The number of piperazine rings is 1. The molecule has 3 aromatic heterocycles. The first kappa shape index (κ1) is 24.5. The first-order valence-electron chi connectivity index (χ1n) is 12.6. The molecule has 0 radical (unpaired) electrons. The van der Waals surface area contributed by atoms with Gasteiger partial charge in [0.05, 0.1) is 39.9 Å². The lowest BCUT2D eigenvalue weighted by atomic mass is 10.0. The summed E-state index contributed by atoms with van der Waals surface area (Å²) in [6.45, 7) is 7.14. The molecule has 0 spiro atoms. The van der Waals surface area contributed by atoms with Crippen LogP contribution in [-0.4, -0.2) is 79.8 Å². The van der Waals surface area contributed by atoms with Crippen LogP contribution in [0.2, 0.25) is 0 Å². The van der Waals surface area contributed by atoms with Crippen LogP contribution >= 0.6 is 11.3 Å². The molecule has 11 heteroatoms. The summed E-state index contributed by atoms with van der Waals surface area (Å²) in [5.74, 6) is -0.841. The van der Waals surface area contributed by atoms with E-state index in [1.54, 1.807) is 23.4 Å². The van der Waals surface area contributed by atoms with Gasteiger partial charge in [-0.3, -0.25) is 29.3 Å². The molecule has 10 nitrogen and oxygen atoms in total. The maximum Gasteiger partial charge on any atom is 0.407 e. The number of hydrogen-bond donors (Lipinski definition) is 1. The van der Waals surface area contributed by atoms with Crippen LogP contribution in [0.1, 0.15) is 34.6 Å². The van der Waals surface area contributed by atoms with Gasteiger partial charge >= 0.3 is 6.09 Å². The Balaban J connectivity index is 1.31. The number of rotatable bonds is 4. The Morgan fingerprint density at radius 2 is 1.66 bits per heavy atom. The Morgan fingerprint density at radius 1 is 1.03 bits per heavy atom. The van der Waals surface area contributed by atoms with E-state index >= 15 is 0 Å². The Bertz CT molecular complexity index is 1500. The molecule has 38 heavy (non-hydrogen) atoms. The minimum absolute atomic E-state index is 0.105. The van der Waals surface area contributed by atoms with E-state index in [9.17, 15) is 24.3 Å². The molecule has 2 unspecified atom stereocenters. The smallest absolute Gasteiger partial charge is 0.407 e. The fraction of sp³-hybridized carbons (Fsp3) is 0.407. The van der Waals surface area contributed by atoms with Gasteiger partial charge in [0.1, 0.15) is 0 Å². The number of aryl methyl sites for hydroxylation is 1. The average Bonchev–Trinajstić information content (AvgIpc) is 3.13. The Hall–Kier alpha value is -3.86. The number of nitrogens with zero attached hydrogens (tertiary/aromatic N) is 5. The molecule has 3 aliphatic rings.